The molecule has 2 unspecified atom stereocenters. The van der Waals surface area contributed by atoms with E-state index in [9.17, 15) is 19.0 Å². The van der Waals surface area contributed by atoms with Gasteiger partial charge in [0.05, 0.1) is 27.7 Å². The van der Waals surface area contributed by atoms with Crippen LogP contribution in [-0.4, -0.2) is 70.0 Å². The number of carbonyl (C=O) groups excluding carboxylic acids is 2. The molecule has 0 aromatic heterocycles. The molecule has 382 valence electrons. The van der Waals surface area contributed by atoms with Crippen molar-refractivity contribution in [1.29, 1.82) is 0 Å². The largest absolute Gasteiger partial charge is 0.756 e. The van der Waals surface area contributed by atoms with Gasteiger partial charge >= 0.3 is 11.9 Å². The van der Waals surface area contributed by atoms with Crippen LogP contribution in [0.3, 0.4) is 0 Å². The number of hydrogen-bond acceptors (Lipinski definition) is 8. The summed E-state index contributed by atoms with van der Waals surface area (Å²) in [7, 11) is 1.14. The lowest BCUT2D eigenvalue weighted by Crippen LogP contribution is -2.37. The predicted octanol–water partition coefficient (Wildman–Crippen LogP) is 15.2. The predicted molar refractivity (Wildman–Crippen MR) is 282 cm³/mol. The summed E-state index contributed by atoms with van der Waals surface area (Å²) in [5.74, 6) is -0.865. The Kier molecular flexibility index (Phi) is 45.4. The molecule has 0 fully saturated rings. The van der Waals surface area contributed by atoms with Crippen molar-refractivity contribution in [2.45, 2.75) is 193 Å². The number of esters is 2. The zero-order valence-electron chi connectivity index (χ0n) is 43.1. The maximum atomic E-state index is 12.7. The fraction of sp³-hybridized carbons (Fsp3) is 0.649. The van der Waals surface area contributed by atoms with E-state index in [1.54, 1.807) is 0 Å². The van der Waals surface area contributed by atoms with Gasteiger partial charge in [-0.3, -0.25) is 14.2 Å². The van der Waals surface area contributed by atoms with Gasteiger partial charge in [0.15, 0.2) is 6.10 Å². The van der Waals surface area contributed by atoms with Crippen LogP contribution < -0.4 is 4.89 Å². The van der Waals surface area contributed by atoms with E-state index in [1.807, 2.05) is 21.1 Å². The van der Waals surface area contributed by atoms with Gasteiger partial charge < -0.3 is 27.9 Å². The molecule has 0 rings (SSSR count). The van der Waals surface area contributed by atoms with E-state index in [0.717, 1.165) is 116 Å². The van der Waals surface area contributed by atoms with Crippen molar-refractivity contribution >= 4 is 19.8 Å². The van der Waals surface area contributed by atoms with Gasteiger partial charge in [0.1, 0.15) is 19.8 Å². The van der Waals surface area contributed by atoms with Crippen LogP contribution in [-0.2, 0) is 32.7 Å². The van der Waals surface area contributed by atoms with Crippen LogP contribution in [0.1, 0.15) is 187 Å². The van der Waals surface area contributed by atoms with Crippen LogP contribution >= 0.6 is 7.82 Å². The molecule has 0 saturated heterocycles. The second kappa shape index (κ2) is 47.7. The van der Waals surface area contributed by atoms with Gasteiger partial charge in [0, 0.05) is 12.8 Å². The lowest BCUT2D eigenvalue weighted by atomic mass is 10.1. The van der Waals surface area contributed by atoms with Crippen LogP contribution in [0.4, 0.5) is 0 Å². The van der Waals surface area contributed by atoms with Crippen LogP contribution in [0.5, 0.6) is 0 Å². The highest BCUT2D eigenvalue weighted by molar-refractivity contribution is 7.45. The highest BCUT2D eigenvalue weighted by Crippen LogP contribution is 2.38. The summed E-state index contributed by atoms with van der Waals surface area (Å²) in [6.07, 6.45) is 65.7. The molecule has 0 aliphatic heterocycles. The first-order valence-corrected chi connectivity index (χ1v) is 27.6. The van der Waals surface area contributed by atoms with E-state index in [4.69, 9.17) is 18.5 Å². The number of rotatable bonds is 46. The van der Waals surface area contributed by atoms with E-state index in [0.29, 0.717) is 23.9 Å². The van der Waals surface area contributed by atoms with E-state index < -0.39 is 32.5 Å². The van der Waals surface area contributed by atoms with E-state index >= 15 is 0 Å². The maximum Gasteiger partial charge on any atom is 0.306 e. The summed E-state index contributed by atoms with van der Waals surface area (Å²) in [5, 5.41) is 0. The molecule has 0 saturated carbocycles. The molecule has 9 nitrogen and oxygen atoms in total. The Morgan fingerprint density at radius 3 is 1.28 bits per heavy atom. The molecule has 0 aromatic carbocycles. The average Bonchev–Trinajstić information content (AvgIpc) is 3.29. The van der Waals surface area contributed by atoms with E-state index in [1.165, 1.54) is 32.1 Å². The molecule has 0 spiro atoms. The monoisotopic (exact) mass is 954 g/mol. The fourth-order valence-electron chi connectivity index (χ4n) is 6.50. The Balaban J connectivity index is 4.16. The molecule has 0 bridgehead atoms. The summed E-state index contributed by atoms with van der Waals surface area (Å²) < 4.78 is 33.9. The Morgan fingerprint density at radius 2 is 0.851 bits per heavy atom. The van der Waals surface area contributed by atoms with Gasteiger partial charge in [-0.15, -0.1) is 0 Å². The first-order valence-electron chi connectivity index (χ1n) is 26.1. The molecule has 0 radical (unpaired) electrons. The quantitative estimate of drug-likeness (QED) is 0.0195. The third kappa shape index (κ3) is 51.9. The fourth-order valence-corrected chi connectivity index (χ4v) is 7.22. The van der Waals surface area contributed by atoms with Gasteiger partial charge in [-0.05, 0) is 96.3 Å². The van der Waals surface area contributed by atoms with E-state index in [-0.39, 0.29) is 26.1 Å². The number of nitrogens with zero attached hydrogens (tertiary/aromatic N) is 1. The first kappa shape index (κ1) is 63.7. The van der Waals surface area contributed by atoms with Gasteiger partial charge in [-0.25, -0.2) is 0 Å². The number of likely N-dealkylation sites (N-methyl/N-ethyl adjacent to an activating group) is 1. The molecule has 2 atom stereocenters. The van der Waals surface area contributed by atoms with E-state index in [2.05, 4.69) is 123 Å². The second-order valence-electron chi connectivity index (χ2n) is 18.1. The van der Waals surface area contributed by atoms with Gasteiger partial charge in [-0.1, -0.05) is 187 Å². The number of quaternary nitrogens is 1. The summed E-state index contributed by atoms with van der Waals surface area (Å²) in [6.45, 7) is 4.01. The molecular formula is C57H96NO8P. The Bertz CT molecular complexity index is 1500. The highest BCUT2D eigenvalue weighted by atomic mass is 31.2. The van der Waals surface area contributed by atoms with Gasteiger partial charge in [0.2, 0.25) is 0 Å². The topological polar surface area (TPSA) is 111 Å². The Hall–Kier alpha value is -3.33. The van der Waals surface area contributed by atoms with Crippen LogP contribution in [0, 0.1) is 0 Å². The summed E-state index contributed by atoms with van der Waals surface area (Å²) in [4.78, 5) is 37.6. The molecule has 10 heteroatoms. The number of carbonyl (C=O) groups is 2. The van der Waals surface area contributed by atoms with Crippen molar-refractivity contribution in [3.8, 4) is 0 Å². The summed E-state index contributed by atoms with van der Waals surface area (Å²) in [6, 6.07) is 0. The lowest BCUT2D eigenvalue weighted by molar-refractivity contribution is -0.870. The minimum Gasteiger partial charge on any atom is -0.756 e. The highest BCUT2D eigenvalue weighted by Gasteiger charge is 2.21. The number of unbranched alkanes of at least 4 members (excludes halogenated alkanes) is 14. The molecule has 0 aliphatic rings. The van der Waals surface area contributed by atoms with Crippen LogP contribution in [0.15, 0.2) is 109 Å². The van der Waals surface area contributed by atoms with Crippen LogP contribution in [0.25, 0.3) is 0 Å². The zero-order chi connectivity index (χ0) is 49.2. The number of phosphoric acid groups is 1. The SMILES string of the molecule is CC/C=C\C/C=C\C/C=C\C/C=C\C/C=C\C/C=C\C/C=C\C/C=C\CCCCCCCCCCC(=O)OC(COC(=O)CCCCCCC/C=C\CCC)COP(=O)([O-])OCC[N+](C)(C)C. The van der Waals surface area contributed by atoms with Gasteiger partial charge in [0.25, 0.3) is 7.82 Å². The number of allylic oxidation sites excluding steroid dienone is 18. The summed E-state index contributed by atoms with van der Waals surface area (Å²) >= 11 is 0. The van der Waals surface area contributed by atoms with Crippen molar-refractivity contribution in [3.63, 3.8) is 0 Å². The number of ether oxygens (including phenoxy) is 2. The third-order valence-electron chi connectivity index (χ3n) is 10.5. The Morgan fingerprint density at radius 1 is 0.478 bits per heavy atom. The summed E-state index contributed by atoms with van der Waals surface area (Å²) in [5.41, 5.74) is 0. The van der Waals surface area contributed by atoms with Crippen molar-refractivity contribution in [2.75, 3.05) is 47.5 Å². The molecular weight excluding hydrogens is 858 g/mol. The first-order chi connectivity index (χ1) is 32.5. The second-order valence-corrected chi connectivity index (χ2v) is 19.6. The van der Waals surface area contributed by atoms with Crippen molar-refractivity contribution in [2.24, 2.45) is 0 Å². The minimum atomic E-state index is -4.64. The third-order valence-corrected chi connectivity index (χ3v) is 11.5. The van der Waals surface area contributed by atoms with Crippen molar-refractivity contribution < 1.29 is 42.1 Å². The Labute approximate surface area is 410 Å². The van der Waals surface area contributed by atoms with Crippen LogP contribution in [0.2, 0.25) is 0 Å². The number of phosphoric ester groups is 1. The molecule has 0 heterocycles. The van der Waals surface area contributed by atoms with Gasteiger partial charge in [-0.2, -0.15) is 0 Å². The average molecular weight is 954 g/mol. The molecule has 0 amide bonds. The molecule has 67 heavy (non-hydrogen) atoms. The molecule has 0 aliphatic carbocycles. The van der Waals surface area contributed by atoms with Crippen molar-refractivity contribution in [3.05, 3.63) is 109 Å². The molecule has 0 aromatic rings. The standard InChI is InChI=1S/C57H96NO8P/c1-6-8-10-12-14-16-18-19-20-21-22-23-24-25-26-27-28-29-30-31-32-33-34-35-36-37-38-39-40-42-44-46-48-50-57(60)66-55(54-65-67(61,62)64-52-51-58(3,4)5)53-63-56(59)49-47-45-43-41-17-15-13-11-9-7-2/h8,10-11,13-14,16,19-20,22-23,25-26,28-29,31-32,34-35,55H,6-7,9,12,15,17-18,21,24,27,30,33,36-54H2,1-5H3/b10-8-,13-11-,16-14-,20-19-,23-22-,26-25-,29-28-,32-31-,35-34-. The maximum absolute atomic E-state index is 12.7. The molecule has 0 N–H and O–H groups in total. The number of hydrogen-bond donors (Lipinski definition) is 0. The smallest absolute Gasteiger partial charge is 0.306 e. The van der Waals surface area contributed by atoms with Crippen molar-refractivity contribution in [1.82, 2.24) is 0 Å². The normalized spacial score (nSPS) is 14.3. The lowest BCUT2D eigenvalue weighted by Gasteiger charge is -2.28. The zero-order valence-corrected chi connectivity index (χ0v) is 43.9. The minimum absolute atomic E-state index is 0.0393.